The minimum absolute atomic E-state index is 0.399. The highest BCUT2D eigenvalue weighted by atomic mass is 16.3. The number of rotatable bonds is 4. The van der Waals surface area contributed by atoms with Gasteiger partial charge in [0.2, 0.25) is 0 Å². The largest absolute Gasteiger partial charge is 0.389 e. The van der Waals surface area contributed by atoms with Crippen LogP contribution in [0.15, 0.2) is 0 Å². The maximum atomic E-state index is 10.5. The summed E-state index contributed by atoms with van der Waals surface area (Å²) in [5, 5.41) is 14.1. The van der Waals surface area contributed by atoms with Crippen LogP contribution in [0, 0.1) is 23.7 Å². The van der Waals surface area contributed by atoms with E-state index in [9.17, 15) is 5.11 Å². The lowest BCUT2D eigenvalue weighted by molar-refractivity contribution is -0.00699. The normalized spacial score (nSPS) is 47.7. The number of fused-ring (bicyclic) bond motifs is 2. The molecule has 0 spiro atoms. The van der Waals surface area contributed by atoms with E-state index in [0.717, 1.165) is 49.6 Å². The Labute approximate surface area is 112 Å². The Bertz CT molecular complexity index is 283. The van der Waals surface area contributed by atoms with Crippen LogP contribution in [0.2, 0.25) is 0 Å². The third kappa shape index (κ3) is 2.75. The second-order valence-electron chi connectivity index (χ2n) is 7.47. The summed E-state index contributed by atoms with van der Waals surface area (Å²) in [7, 11) is 0. The van der Waals surface area contributed by atoms with Crippen molar-refractivity contribution < 1.29 is 5.11 Å². The monoisotopic (exact) mass is 251 g/mol. The fraction of sp³-hybridized carbons (Fsp3) is 1.00. The Morgan fingerprint density at radius 1 is 1.11 bits per heavy atom. The van der Waals surface area contributed by atoms with Crippen LogP contribution in [0.4, 0.5) is 0 Å². The van der Waals surface area contributed by atoms with Crippen LogP contribution in [0.3, 0.4) is 0 Å². The van der Waals surface area contributed by atoms with Gasteiger partial charge in [0.05, 0.1) is 5.60 Å². The summed E-state index contributed by atoms with van der Waals surface area (Å²) < 4.78 is 0. The lowest BCUT2D eigenvalue weighted by Gasteiger charge is -2.35. The minimum atomic E-state index is -0.399. The topological polar surface area (TPSA) is 32.3 Å². The van der Waals surface area contributed by atoms with Gasteiger partial charge in [0, 0.05) is 6.54 Å². The van der Waals surface area contributed by atoms with E-state index < -0.39 is 5.60 Å². The first-order valence-corrected chi connectivity index (χ1v) is 8.08. The molecule has 3 aliphatic rings. The molecular formula is C16H29NO. The Kier molecular flexibility index (Phi) is 3.68. The molecule has 0 aromatic carbocycles. The van der Waals surface area contributed by atoms with Crippen LogP contribution in [-0.2, 0) is 0 Å². The van der Waals surface area contributed by atoms with Crippen LogP contribution in [0.5, 0.6) is 0 Å². The second-order valence-corrected chi connectivity index (χ2v) is 7.47. The molecule has 0 radical (unpaired) electrons. The maximum Gasteiger partial charge on any atom is 0.0771 e. The molecule has 2 N–H and O–H groups in total. The molecule has 2 bridgehead atoms. The molecule has 18 heavy (non-hydrogen) atoms. The van der Waals surface area contributed by atoms with Crippen molar-refractivity contribution in [1.29, 1.82) is 0 Å². The van der Waals surface area contributed by atoms with Crippen molar-refractivity contribution in [2.45, 2.75) is 63.9 Å². The molecular weight excluding hydrogens is 222 g/mol. The summed E-state index contributed by atoms with van der Waals surface area (Å²) in [5.41, 5.74) is -0.399. The first-order valence-electron chi connectivity index (χ1n) is 8.08. The van der Waals surface area contributed by atoms with E-state index in [1.807, 2.05) is 0 Å². The Balaban J connectivity index is 1.39. The number of hydrogen-bond acceptors (Lipinski definition) is 2. The summed E-state index contributed by atoms with van der Waals surface area (Å²) in [4.78, 5) is 0. The van der Waals surface area contributed by atoms with Gasteiger partial charge < -0.3 is 10.4 Å². The fourth-order valence-electron chi connectivity index (χ4n) is 4.59. The van der Waals surface area contributed by atoms with Gasteiger partial charge in [-0.05, 0) is 75.2 Å². The highest BCUT2D eigenvalue weighted by molar-refractivity contribution is 4.92. The van der Waals surface area contributed by atoms with Gasteiger partial charge in [0.15, 0.2) is 0 Å². The lowest BCUT2D eigenvalue weighted by atomic mass is 9.79. The van der Waals surface area contributed by atoms with Crippen molar-refractivity contribution in [2.75, 3.05) is 13.1 Å². The standard InChI is InChI=1S/C16H29NO/c1-12-4-6-16(18,7-5-12)11-17-10-15-9-13-2-3-14(15)8-13/h12-15,17-18H,2-11H2,1H3. The molecule has 0 amide bonds. The average Bonchev–Trinajstić information content (AvgIpc) is 2.96. The summed E-state index contributed by atoms with van der Waals surface area (Å²) in [6, 6.07) is 0. The van der Waals surface area contributed by atoms with E-state index in [1.165, 1.54) is 38.5 Å². The highest BCUT2D eigenvalue weighted by Gasteiger charge is 2.39. The predicted octanol–water partition coefficient (Wildman–Crippen LogP) is 2.95. The SMILES string of the molecule is CC1CCC(O)(CNCC2CC3CCC2C3)CC1. The van der Waals surface area contributed by atoms with Gasteiger partial charge in [-0.2, -0.15) is 0 Å². The number of aliphatic hydroxyl groups is 1. The first-order chi connectivity index (χ1) is 8.65. The van der Waals surface area contributed by atoms with Gasteiger partial charge in [-0.15, -0.1) is 0 Å². The zero-order chi connectivity index (χ0) is 12.6. The molecule has 0 aromatic heterocycles. The molecule has 3 fully saturated rings. The van der Waals surface area contributed by atoms with Gasteiger partial charge >= 0.3 is 0 Å². The van der Waals surface area contributed by atoms with Crippen LogP contribution < -0.4 is 5.32 Å². The molecule has 2 heteroatoms. The Hall–Kier alpha value is -0.0800. The van der Waals surface area contributed by atoms with Crippen molar-refractivity contribution in [3.63, 3.8) is 0 Å². The van der Waals surface area contributed by atoms with Gasteiger partial charge in [-0.25, -0.2) is 0 Å². The molecule has 0 saturated heterocycles. The van der Waals surface area contributed by atoms with Crippen LogP contribution in [0.1, 0.15) is 58.3 Å². The van der Waals surface area contributed by atoms with Crippen molar-refractivity contribution >= 4 is 0 Å². The van der Waals surface area contributed by atoms with Gasteiger partial charge in [-0.1, -0.05) is 13.3 Å². The van der Waals surface area contributed by atoms with Crippen LogP contribution in [0.25, 0.3) is 0 Å². The van der Waals surface area contributed by atoms with Gasteiger partial charge in [0.1, 0.15) is 0 Å². The molecule has 3 atom stereocenters. The molecule has 3 saturated carbocycles. The molecule has 2 nitrogen and oxygen atoms in total. The Morgan fingerprint density at radius 3 is 2.50 bits per heavy atom. The van der Waals surface area contributed by atoms with Crippen molar-refractivity contribution in [2.24, 2.45) is 23.7 Å². The smallest absolute Gasteiger partial charge is 0.0771 e. The third-order valence-corrected chi connectivity index (χ3v) is 5.95. The van der Waals surface area contributed by atoms with Crippen LogP contribution in [-0.4, -0.2) is 23.8 Å². The highest BCUT2D eigenvalue weighted by Crippen LogP contribution is 2.48. The van der Waals surface area contributed by atoms with Gasteiger partial charge in [0.25, 0.3) is 0 Å². The molecule has 0 aliphatic heterocycles. The fourth-order valence-corrected chi connectivity index (χ4v) is 4.59. The zero-order valence-electron chi connectivity index (χ0n) is 11.8. The lowest BCUT2D eigenvalue weighted by Crippen LogP contribution is -2.44. The number of nitrogens with one attached hydrogen (secondary N) is 1. The van der Waals surface area contributed by atoms with Crippen molar-refractivity contribution in [3.8, 4) is 0 Å². The van der Waals surface area contributed by atoms with Crippen molar-refractivity contribution in [1.82, 2.24) is 5.32 Å². The summed E-state index contributed by atoms with van der Waals surface area (Å²) in [5.74, 6) is 3.77. The maximum absolute atomic E-state index is 10.5. The molecule has 3 unspecified atom stereocenters. The average molecular weight is 251 g/mol. The van der Waals surface area contributed by atoms with Gasteiger partial charge in [-0.3, -0.25) is 0 Å². The predicted molar refractivity (Wildman–Crippen MR) is 74.4 cm³/mol. The van der Waals surface area contributed by atoms with E-state index in [-0.39, 0.29) is 0 Å². The summed E-state index contributed by atoms with van der Waals surface area (Å²) >= 11 is 0. The van der Waals surface area contributed by atoms with E-state index in [0.29, 0.717) is 0 Å². The van der Waals surface area contributed by atoms with E-state index >= 15 is 0 Å². The summed E-state index contributed by atoms with van der Waals surface area (Å²) in [6.45, 7) is 4.29. The molecule has 104 valence electrons. The number of hydrogen-bond donors (Lipinski definition) is 2. The first kappa shape index (κ1) is 12.9. The minimum Gasteiger partial charge on any atom is -0.389 e. The molecule has 0 heterocycles. The van der Waals surface area contributed by atoms with E-state index in [1.54, 1.807) is 0 Å². The molecule has 0 aromatic rings. The Morgan fingerprint density at radius 2 is 1.89 bits per heavy atom. The van der Waals surface area contributed by atoms with Crippen LogP contribution >= 0.6 is 0 Å². The summed E-state index contributed by atoms with van der Waals surface area (Å²) in [6.07, 6.45) is 10.3. The molecule has 3 rings (SSSR count). The molecule has 3 aliphatic carbocycles. The zero-order valence-corrected chi connectivity index (χ0v) is 11.8. The second kappa shape index (κ2) is 5.13. The van der Waals surface area contributed by atoms with Crippen molar-refractivity contribution in [3.05, 3.63) is 0 Å². The quantitative estimate of drug-likeness (QED) is 0.805. The van der Waals surface area contributed by atoms with E-state index in [2.05, 4.69) is 12.2 Å². The third-order valence-electron chi connectivity index (χ3n) is 5.95. The van der Waals surface area contributed by atoms with E-state index in [4.69, 9.17) is 0 Å².